The van der Waals surface area contributed by atoms with Crippen molar-refractivity contribution in [3.63, 3.8) is 0 Å². The van der Waals surface area contributed by atoms with E-state index in [1.165, 1.54) is 11.0 Å². The molecule has 8 nitrogen and oxygen atoms in total. The molecular weight excluding hydrogens is 442 g/mol. The van der Waals surface area contributed by atoms with E-state index in [9.17, 15) is 19.5 Å². The molecule has 3 aromatic rings. The predicted molar refractivity (Wildman–Crippen MR) is 128 cm³/mol. The fourth-order valence-corrected chi connectivity index (χ4v) is 3.95. The molecule has 0 saturated carbocycles. The topological polar surface area (TPSA) is 101 Å². The third-order valence-corrected chi connectivity index (χ3v) is 5.60. The van der Waals surface area contributed by atoms with Crippen LogP contribution in [0.4, 0.5) is 5.69 Å². The van der Waals surface area contributed by atoms with Crippen LogP contribution in [0, 0.1) is 0 Å². The molecule has 1 atom stereocenters. The minimum Gasteiger partial charge on any atom is -0.494 e. The second kappa shape index (κ2) is 8.87. The van der Waals surface area contributed by atoms with E-state index in [2.05, 4.69) is 5.32 Å². The molecule has 4 rings (SSSR count). The van der Waals surface area contributed by atoms with Crippen LogP contribution in [0.15, 0.2) is 60.3 Å². The number of aliphatic carboxylic acids is 1. The Morgan fingerprint density at radius 3 is 2.73 bits per heavy atom. The average Bonchev–Trinajstić information content (AvgIpc) is 3.19. The van der Waals surface area contributed by atoms with Gasteiger partial charge in [0, 0.05) is 23.2 Å². The lowest BCUT2D eigenvalue weighted by molar-refractivity contribution is -0.140. The number of nitrogens with zero attached hydrogens (tertiary/aromatic N) is 2. The highest BCUT2D eigenvalue weighted by Crippen LogP contribution is 2.27. The SMILES string of the molecule is CCOc1cccc(N2C(=O)/C(=C/c3ccc4c(ccn4[C@@H](C)C(=O)O)c3)C(=O)NC2=S)c1. The second-order valence-corrected chi connectivity index (χ2v) is 7.83. The first-order chi connectivity index (χ1) is 15.8. The Labute approximate surface area is 195 Å². The summed E-state index contributed by atoms with van der Waals surface area (Å²) in [6, 6.07) is 13.3. The molecule has 0 unspecified atom stereocenters. The molecule has 1 aromatic heterocycles. The molecule has 0 spiro atoms. The molecule has 9 heteroatoms. The number of benzene rings is 2. The highest BCUT2D eigenvalue weighted by atomic mass is 32.1. The van der Waals surface area contributed by atoms with Gasteiger partial charge in [-0.3, -0.25) is 19.8 Å². The number of carboxylic acids is 1. The smallest absolute Gasteiger partial charge is 0.326 e. The third-order valence-electron chi connectivity index (χ3n) is 5.32. The highest BCUT2D eigenvalue weighted by Gasteiger charge is 2.34. The molecule has 0 radical (unpaired) electrons. The van der Waals surface area contributed by atoms with Crippen LogP contribution in [0.3, 0.4) is 0 Å². The van der Waals surface area contributed by atoms with Crippen LogP contribution in [0.25, 0.3) is 17.0 Å². The van der Waals surface area contributed by atoms with E-state index < -0.39 is 23.8 Å². The van der Waals surface area contributed by atoms with Crippen molar-refractivity contribution < 1.29 is 24.2 Å². The highest BCUT2D eigenvalue weighted by molar-refractivity contribution is 7.80. The maximum atomic E-state index is 13.3. The zero-order valence-electron chi connectivity index (χ0n) is 17.9. The molecule has 1 fully saturated rings. The minimum atomic E-state index is -0.937. The maximum Gasteiger partial charge on any atom is 0.326 e. The van der Waals surface area contributed by atoms with Gasteiger partial charge in [0.05, 0.1) is 12.3 Å². The van der Waals surface area contributed by atoms with Crippen molar-refractivity contribution in [2.24, 2.45) is 0 Å². The van der Waals surface area contributed by atoms with Crippen molar-refractivity contribution >= 4 is 57.8 Å². The van der Waals surface area contributed by atoms with E-state index in [1.807, 2.05) is 6.92 Å². The number of carboxylic acid groups (broad SMARTS) is 1. The quantitative estimate of drug-likeness (QED) is 0.330. The number of hydrogen-bond donors (Lipinski definition) is 2. The molecule has 2 amide bonds. The number of fused-ring (bicyclic) bond motifs is 1. The normalized spacial score (nSPS) is 16.2. The zero-order valence-corrected chi connectivity index (χ0v) is 18.8. The lowest BCUT2D eigenvalue weighted by Crippen LogP contribution is -2.54. The van der Waals surface area contributed by atoms with Gasteiger partial charge in [0.1, 0.15) is 17.4 Å². The zero-order chi connectivity index (χ0) is 23.7. The summed E-state index contributed by atoms with van der Waals surface area (Å²) in [7, 11) is 0. The summed E-state index contributed by atoms with van der Waals surface area (Å²) < 4.78 is 7.16. The number of amides is 2. The molecule has 0 bridgehead atoms. The lowest BCUT2D eigenvalue weighted by Gasteiger charge is -2.29. The average molecular weight is 464 g/mol. The van der Waals surface area contributed by atoms with Gasteiger partial charge in [0.15, 0.2) is 5.11 Å². The summed E-state index contributed by atoms with van der Waals surface area (Å²) in [4.78, 5) is 38.4. The minimum absolute atomic E-state index is 0.00835. The van der Waals surface area contributed by atoms with Gasteiger partial charge in [0.25, 0.3) is 11.8 Å². The van der Waals surface area contributed by atoms with Gasteiger partial charge in [0.2, 0.25) is 0 Å². The number of carbonyl (C=O) groups is 3. The van der Waals surface area contributed by atoms with Crippen LogP contribution in [-0.4, -0.2) is 39.2 Å². The molecule has 2 aromatic carbocycles. The van der Waals surface area contributed by atoms with Crippen molar-refractivity contribution in [1.29, 1.82) is 0 Å². The van der Waals surface area contributed by atoms with Crippen molar-refractivity contribution in [1.82, 2.24) is 9.88 Å². The number of rotatable bonds is 6. The second-order valence-electron chi connectivity index (χ2n) is 7.44. The molecular formula is C24H21N3O5S. The number of hydrogen-bond acceptors (Lipinski definition) is 5. The Morgan fingerprint density at radius 2 is 2.00 bits per heavy atom. The molecule has 1 aliphatic heterocycles. The Balaban J connectivity index is 1.69. The summed E-state index contributed by atoms with van der Waals surface area (Å²) in [5.74, 6) is -1.49. The molecule has 33 heavy (non-hydrogen) atoms. The van der Waals surface area contributed by atoms with E-state index in [4.69, 9.17) is 17.0 Å². The molecule has 1 saturated heterocycles. The van der Waals surface area contributed by atoms with Gasteiger partial charge in [-0.25, -0.2) is 4.79 Å². The van der Waals surface area contributed by atoms with E-state index in [1.54, 1.807) is 66.2 Å². The number of thiocarbonyl (C=S) groups is 1. The van der Waals surface area contributed by atoms with Crippen molar-refractivity contribution in [2.75, 3.05) is 11.5 Å². The molecule has 2 heterocycles. The van der Waals surface area contributed by atoms with E-state index >= 15 is 0 Å². The fraction of sp³-hybridized carbons (Fsp3) is 0.167. The van der Waals surface area contributed by atoms with Gasteiger partial charge in [-0.05, 0) is 68.0 Å². The lowest BCUT2D eigenvalue weighted by atomic mass is 10.1. The number of carbonyl (C=O) groups excluding carboxylic acids is 2. The number of nitrogens with one attached hydrogen (secondary N) is 1. The first kappa shape index (κ1) is 22.2. The molecule has 168 valence electrons. The van der Waals surface area contributed by atoms with Gasteiger partial charge >= 0.3 is 5.97 Å². The van der Waals surface area contributed by atoms with E-state index in [0.717, 1.165) is 10.9 Å². The van der Waals surface area contributed by atoms with Crippen LogP contribution in [0.2, 0.25) is 0 Å². The van der Waals surface area contributed by atoms with Crippen molar-refractivity contribution in [2.45, 2.75) is 19.9 Å². The fourth-order valence-electron chi connectivity index (χ4n) is 3.67. The van der Waals surface area contributed by atoms with Crippen LogP contribution in [0.5, 0.6) is 5.75 Å². The van der Waals surface area contributed by atoms with Gasteiger partial charge < -0.3 is 14.4 Å². The first-order valence-corrected chi connectivity index (χ1v) is 10.7. The van der Waals surface area contributed by atoms with Crippen molar-refractivity contribution in [3.05, 3.63) is 65.9 Å². The van der Waals surface area contributed by atoms with E-state index in [0.29, 0.717) is 23.6 Å². The van der Waals surface area contributed by atoms with Crippen LogP contribution in [0.1, 0.15) is 25.5 Å². The van der Waals surface area contributed by atoms with E-state index in [-0.39, 0.29) is 10.7 Å². The Morgan fingerprint density at radius 1 is 1.21 bits per heavy atom. The predicted octanol–water partition coefficient (Wildman–Crippen LogP) is 3.52. The summed E-state index contributed by atoms with van der Waals surface area (Å²) >= 11 is 5.25. The Bertz CT molecular complexity index is 1330. The Hall–Kier alpha value is -3.98. The molecule has 1 aliphatic rings. The Kier molecular flexibility index (Phi) is 5.97. The maximum absolute atomic E-state index is 13.3. The third kappa shape index (κ3) is 4.22. The standard InChI is InChI=1S/C24H21N3O5S/c1-3-32-18-6-4-5-17(13-18)27-22(29)19(21(28)25-24(27)33)12-15-7-8-20-16(11-15)9-10-26(20)14(2)23(30)31/h4-14H,3H2,1-2H3,(H,30,31)(H,25,28,33)/b19-12+/t14-/m0/s1. The monoisotopic (exact) mass is 463 g/mol. The van der Waals surface area contributed by atoms with Gasteiger partial charge in [-0.2, -0.15) is 0 Å². The van der Waals surface area contributed by atoms with Crippen molar-refractivity contribution in [3.8, 4) is 5.75 Å². The number of aromatic nitrogens is 1. The molecule has 0 aliphatic carbocycles. The summed E-state index contributed by atoms with van der Waals surface area (Å²) in [5.41, 5.74) is 1.78. The summed E-state index contributed by atoms with van der Waals surface area (Å²) in [6.45, 7) is 3.93. The van der Waals surface area contributed by atoms with Crippen LogP contribution in [-0.2, 0) is 14.4 Å². The van der Waals surface area contributed by atoms with Gasteiger partial charge in [-0.15, -0.1) is 0 Å². The number of anilines is 1. The summed E-state index contributed by atoms with van der Waals surface area (Å²) in [5, 5.41) is 12.6. The number of ether oxygens (including phenoxy) is 1. The largest absolute Gasteiger partial charge is 0.494 e. The molecule has 2 N–H and O–H groups in total. The van der Waals surface area contributed by atoms with Crippen LogP contribution >= 0.6 is 12.2 Å². The first-order valence-electron chi connectivity index (χ1n) is 10.3. The van der Waals surface area contributed by atoms with Crippen LogP contribution < -0.4 is 15.0 Å². The van der Waals surface area contributed by atoms with Gasteiger partial charge in [-0.1, -0.05) is 12.1 Å². The summed E-state index contributed by atoms with van der Waals surface area (Å²) in [6.07, 6.45) is 3.20.